The molecule has 0 aromatic carbocycles. The number of hydrogen-bond acceptors (Lipinski definition) is 6. The van der Waals surface area contributed by atoms with Gasteiger partial charge in [-0.3, -0.25) is 19.2 Å². The zero-order valence-corrected chi connectivity index (χ0v) is 11.3. The molecule has 0 saturated heterocycles. The fourth-order valence-electron chi connectivity index (χ4n) is 0.431. The van der Waals surface area contributed by atoms with Gasteiger partial charge < -0.3 is 0 Å². The minimum absolute atomic E-state index is 0.625. The number of H-pyrrole nitrogens is 4. The quantitative estimate of drug-likeness (QED) is 0.560. The second kappa shape index (κ2) is 5.78. The van der Waals surface area contributed by atoms with Crippen LogP contribution in [0.3, 0.4) is 0 Å². The zero-order chi connectivity index (χ0) is 10.6. The molecule has 2 heterocycles. The van der Waals surface area contributed by atoms with Crippen molar-refractivity contribution in [3.05, 3.63) is 16.9 Å². The Morgan fingerprint density at radius 3 is 1.14 bits per heavy atom. The van der Waals surface area contributed by atoms with Gasteiger partial charge in [-0.15, -0.1) is 0 Å². The van der Waals surface area contributed by atoms with E-state index in [1.165, 1.54) is 23.1 Å². The molecule has 14 heavy (non-hydrogen) atoms. The summed E-state index contributed by atoms with van der Waals surface area (Å²) < 4.78 is 8.10. The van der Waals surface area contributed by atoms with Gasteiger partial charge >= 0.3 is 0 Å². The molecule has 2 aromatic rings. The standard InChI is InChI=1S/2C2H2N2S3/c2*5-1-2(6)7-4-3-1/h2*4H,(H,3,5). The Kier molecular flexibility index (Phi) is 4.98. The lowest BCUT2D eigenvalue weighted by atomic mass is 11.0. The maximum absolute atomic E-state index is 4.74. The first-order chi connectivity index (χ1) is 6.61. The first-order valence-electron chi connectivity index (χ1n) is 3.13. The van der Waals surface area contributed by atoms with Gasteiger partial charge in [-0.25, -0.2) is 0 Å². The zero-order valence-electron chi connectivity index (χ0n) is 6.45. The summed E-state index contributed by atoms with van der Waals surface area (Å²) >= 11 is 21.6. The molecule has 0 aliphatic rings. The van der Waals surface area contributed by atoms with Crippen molar-refractivity contribution in [1.82, 2.24) is 19.2 Å². The van der Waals surface area contributed by atoms with E-state index in [4.69, 9.17) is 48.9 Å². The molecule has 0 unspecified atom stereocenters. The average molecular weight is 301 g/mol. The third kappa shape index (κ3) is 3.63. The third-order valence-electron chi connectivity index (χ3n) is 0.987. The predicted molar refractivity (Wildman–Crippen MR) is 69.4 cm³/mol. The van der Waals surface area contributed by atoms with Gasteiger partial charge in [0.1, 0.15) is 16.9 Å². The van der Waals surface area contributed by atoms with Gasteiger partial charge in [0.05, 0.1) is 0 Å². The van der Waals surface area contributed by atoms with Crippen molar-refractivity contribution in [2.45, 2.75) is 0 Å². The van der Waals surface area contributed by atoms with Crippen molar-refractivity contribution in [3.8, 4) is 0 Å². The summed E-state index contributed by atoms with van der Waals surface area (Å²) in [5.41, 5.74) is 0. The largest absolute Gasteiger partial charge is 0.280 e. The van der Waals surface area contributed by atoms with Crippen LogP contribution in [0.4, 0.5) is 0 Å². The molecule has 2 aromatic heterocycles. The van der Waals surface area contributed by atoms with Gasteiger partial charge in [0.25, 0.3) is 0 Å². The van der Waals surface area contributed by atoms with Crippen LogP contribution in [0.15, 0.2) is 0 Å². The van der Waals surface area contributed by atoms with E-state index in [-0.39, 0.29) is 0 Å². The van der Waals surface area contributed by atoms with E-state index in [2.05, 4.69) is 19.2 Å². The molecular weight excluding hydrogens is 296 g/mol. The molecule has 76 valence electrons. The van der Waals surface area contributed by atoms with Crippen molar-refractivity contribution >= 4 is 71.9 Å². The van der Waals surface area contributed by atoms with Crippen LogP contribution < -0.4 is 0 Å². The minimum Gasteiger partial charge on any atom is -0.280 e. The first-order valence-corrected chi connectivity index (χ1v) is 6.40. The number of rotatable bonds is 0. The smallest absolute Gasteiger partial charge is 0.148 e. The molecule has 0 aliphatic heterocycles. The van der Waals surface area contributed by atoms with Crippen LogP contribution in [0, 0.1) is 16.9 Å². The fourth-order valence-corrected chi connectivity index (χ4v) is 2.04. The van der Waals surface area contributed by atoms with Crippen molar-refractivity contribution < 1.29 is 0 Å². The van der Waals surface area contributed by atoms with Gasteiger partial charge in [-0.1, -0.05) is 48.9 Å². The summed E-state index contributed by atoms with van der Waals surface area (Å²) in [6.45, 7) is 0. The monoisotopic (exact) mass is 300 g/mol. The molecule has 10 heteroatoms. The summed E-state index contributed by atoms with van der Waals surface area (Å²) in [5, 5.41) is 5.34. The molecule has 0 bridgehead atoms. The Balaban J connectivity index is 0.000000140. The highest BCUT2D eigenvalue weighted by molar-refractivity contribution is 7.75. The van der Waals surface area contributed by atoms with Crippen LogP contribution in [0.1, 0.15) is 0 Å². The molecule has 0 spiro atoms. The second-order valence-electron chi connectivity index (χ2n) is 1.89. The molecule has 0 aliphatic carbocycles. The number of hydrogen-bond donors (Lipinski definition) is 4. The van der Waals surface area contributed by atoms with Gasteiger partial charge in [0.2, 0.25) is 0 Å². The lowest BCUT2D eigenvalue weighted by molar-refractivity contribution is 1.14. The summed E-state index contributed by atoms with van der Waals surface area (Å²) in [6.07, 6.45) is 0. The van der Waals surface area contributed by atoms with Crippen LogP contribution in [0.25, 0.3) is 0 Å². The van der Waals surface area contributed by atoms with E-state index in [1.807, 2.05) is 0 Å². The number of nitrogens with one attached hydrogen (secondary N) is 4. The lowest BCUT2D eigenvalue weighted by Crippen LogP contribution is -1.57. The van der Waals surface area contributed by atoms with E-state index < -0.39 is 0 Å². The molecule has 4 N–H and O–H groups in total. The highest BCUT2D eigenvalue weighted by atomic mass is 32.2. The van der Waals surface area contributed by atoms with Gasteiger partial charge in [-0.05, 0) is 23.1 Å². The molecular formula is C4H4N4S6. The van der Waals surface area contributed by atoms with Crippen molar-refractivity contribution in [1.29, 1.82) is 0 Å². The number of aromatic amines is 4. The summed E-state index contributed by atoms with van der Waals surface area (Å²) in [5.74, 6) is 0. The molecule has 0 radical (unpaired) electrons. The van der Waals surface area contributed by atoms with E-state index in [1.54, 1.807) is 0 Å². The van der Waals surface area contributed by atoms with Crippen LogP contribution in [0.2, 0.25) is 0 Å². The maximum atomic E-state index is 4.74. The predicted octanol–water partition coefficient (Wildman–Crippen LogP) is 3.73. The van der Waals surface area contributed by atoms with Crippen molar-refractivity contribution in [3.63, 3.8) is 0 Å². The minimum atomic E-state index is 0.625. The third-order valence-corrected chi connectivity index (χ3v) is 4.21. The molecule has 0 saturated carbocycles. The normalized spacial score (nSPS) is 9.14. The topological polar surface area (TPSA) is 63.2 Å². The second-order valence-corrected chi connectivity index (χ2v) is 5.67. The van der Waals surface area contributed by atoms with Gasteiger partial charge in [0.15, 0.2) is 0 Å². The summed E-state index contributed by atoms with van der Waals surface area (Å²) in [7, 11) is 0. The summed E-state index contributed by atoms with van der Waals surface area (Å²) in [6, 6.07) is 0. The summed E-state index contributed by atoms with van der Waals surface area (Å²) in [4.78, 5) is 0. The van der Waals surface area contributed by atoms with Crippen molar-refractivity contribution in [2.75, 3.05) is 0 Å². The lowest BCUT2D eigenvalue weighted by Gasteiger charge is -1.56. The van der Waals surface area contributed by atoms with Gasteiger partial charge in [-0.2, -0.15) is 0 Å². The highest BCUT2D eigenvalue weighted by Gasteiger charge is 1.78. The Bertz CT molecular complexity index is 485. The van der Waals surface area contributed by atoms with E-state index in [0.717, 1.165) is 7.65 Å². The first kappa shape index (κ1) is 12.1. The Labute approximate surface area is 107 Å². The van der Waals surface area contributed by atoms with Gasteiger partial charge in [0, 0.05) is 0 Å². The maximum Gasteiger partial charge on any atom is 0.148 e. The Morgan fingerprint density at radius 1 is 0.714 bits per heavy atom. The van der Waals surface area contributed by atoms with Crippen molar-refractivity contribution in [2.24, 2.45) is 0 Å². The Morgan fingerprint density at radius 2 is 1.07 bits per heavy atom. The molecule has 0 atom stereocenters. The van der Waals surface area contributed by atoms with Crippen LogP contribution in [-0.2, 0) is 0 Å². The van der Waals surface area contributed by atoms with E-state index in [0.29, 0.717) is 9.28 Å². The molecule has 0 fully saturated rings. The average Bonchev–Trinajstić information content (AvgIpc) is 2.67. The molecule has 0 amide bonds. The number of aromatic nitrogens is 4. The molecule has 2 rings (SSSR count). The Hall–Kier alpha value is -0.0000000000000000555. The van der Waals surface area contributed by atoms with Crippen LogP contribution in [0.5, 0.6) is 0 Å². The highest BCUT2D eigenvalue weighted by Crippen LogP contribution is 1.94. The molecule has 4 nitrogen and oxygen atoms in total. The fraction of sp³-hybridized carbons (Fsp3) is 0. The van der Waals surface area contributed by atoms with E-state index >= 15 is 0 Å². The van der Waals surface area contributed by atoms with Crippen LogP contribution >= 0.6 is 71.9 Å². The SMILES string of the molecule is S=c1[nH][nH]sc1=S.S=c1[nH][nH]sc1=S. The van der Waals surface area contributed by atoms with E-state index in [9.17, 15) is 0 Å². The van der Waals surface area contributed by atoms with Crippen LogP contribution in [-0.4, -0.2) is 19.2 Å².